The number of carbonyl (C=O) groups is 1. The van der Waals surface area contributed by atoms with Crippen LogP contribution in [0.1, 0.15) is 17.0 Å². The highest BCUT2D eigenvalue weighted by molar-refractivity contribution is 6.18. The predicted molar refractivity (Wildman–Crippen MR) is 91.4 cm³/mol. The first kappa shape index (κ1) is 16.3. The second-order valence-electron chi connectivity index (χ2n) is 5.31. The lowest BCUT2D eigenvalue weighted by Crippen LogP contribution is -2.39. The predicted octanol–water partition coefficient (Wildman–Crippen LogP) is 3.86. The van der Waals surface area contributed by atoms with E-state index >= 15 is 0 Å². The highest BCUT2D eigenvalue weighted by atomic mass is 35.5. The lowest BCUT2D eigenvalue weighted by atomic mass is 9.88. The van der Waals surface area contributed by atoms with Crippen LogP contribution in [0.2, 0.25) is 0 Å². The van der Waals surface area contributed by atoms with E-state index in [1.54, 1.807) is 0 Å². The number of halogens is 1. The van der Waals surface area contributed by atoms with Gasteiger partial charge in [-0.15, -0.1) is 16.5 Å². The van der Waals surface area contributed by atoms with Gasteiger partial charge in [-0.05, 0) is 12.1 Å². The zero-order chi connectivity index (χ0) is 16.9. The van der Waals surface area contributed by atoms with Gasteiger partial charge in [0.05, 0.1) is 11.8 Å². The summed E-state index contributed by atoms with van der Waals surface area (Å²) in [6.07, 6.45) is 0. The van der Waals surface area contributed by atoms with Gasteiger partial charge in [0.25, 0.3) is 0 Å². The quantitative estimate of drug-likeness (QED) is 0.508. The average molecular weight is 346 g/mol. The lowest BCUT2D eigenvalue weighted by molar-refractivity contribution is 0.202. The Hall–Kier alpha value is -2.60. The second kappa shape index (κ2) is 7.31. The molecule has 0 atom stereocenters. The maximum absolute atomic E-state index is 12.1. The van der Waals surface area contributed by atoms with Crippen LogP contribution in [0, 0.1) is 4.91 Å². The van der Waals surface area contributed by atoms with E-state index in [4.69, 9.17) is 16.3 Å². The van der Waals surface area contributed by atoms with Crippen molar-refractivity contribution in [1.82, 2.24) is 10.3 Å². The average Bonchev–Trinajstić information content (AvgIpc) is 2.62. The number of benzene rings is 2. The molecule has 2 aromatic carbocycles. The van der Waals surface area contributed by atoms with Crippen LogP contribution in [-0.2, 0) is 0 Å². The molecular formula is C17H16ClN3O3. The number of urea groups is 1. The Morgan fingerprint density at radius 3 is 2.25 bits per heavy atom. The van der Waals surface area contributed by atoms with Gasteiger partial charge in [0.15, 0.2) is 0 Å². The SMILES string of the molecule is O=NN(CCCl)C(=O)NCC1c2ccccc2Oc2ccccc21. The number of amides is 2. The molecule has 0 aromatic heterocycles. The van der Waals surface area contributed by atoms with E-state index in [1.807, 2.05) is 48.5 Å². The minimum Gasteiger partial charge on any atom is -0.457 e. The zero-order valence-corrected chi connectivity index (χ0v) is 13.6. The molecule has 0 fully saturated rings. The van der Waals surface area contributed by atoms with E-state index in [-0.39, 0.29) is 18.3 Å². The van der Waals surface area contributed by atoms with Gasteiger partial charge in [-0.1, -0.05) is 36.4 Å². The Morgan fingerprint density at radius 1 is 1.12 bits per heavy atom. The standard InChI is InChI=1S/C17H16ClN3O3/c18-9-10-21(20-23)17(22)19-11-14-12-5-1-3-7-15(12)24-16-8-4-2-6-13(14)16/h1-8,14H,9-11H2,(H,19,22). The number of nitrogens with one attached hydrogen (secondary N) is 1. The Balaban J connectivity index is 1.83. The number of ether oxygens (including phenoxy) is 1. The van der Waals surface area contributed by atoms with E-state index in [1.165, 1.54) is 0 Å². The molecule has 1 aliphatic heterocycles. The summed E-state index contributed by atoms with van der Waals surface area (Å²) in [5, 5.41) is 6.22. The summed E-state index contributed by atoms with van der Waals surface area (Å²) >= 11 is 5.56. The number of para-hydroxylation sites is 2. The molecule has 24 heavy (non-hydrogen) atoms. The van der Waals surface area contributed by atoms with Gasteiger partial charge in [-0.25, -0.2) is 4.79 Å². The van der Waals surface area contributed by atoms with Crippen molar-refractivity contribution < 1.29 is 9.53 Å². The van der Waals surface area contributed by atoms with Gasteiger partial charge in [0.2, 0.25) is 0 Å². The van der Waals surface area contributed by atoms with Gasteiger partial charge < -0.3 is 10.1 Å². The van der Waals surface area contributed by atoms with E-state index in [0.29, 0.717) is 6.54 Å². The molecule has 0 saturated heterocycles. The fraction of sp³-hybridized carbons (Fsp3) is 0.235. The topological polar surface area (TPSA) is 71.0 Å². The first-order chi connectivity index (χ1) is 11.7. The summed E-state index contributed by atoms with van der Waals surface area (Å²) in [5.41, 5.74) is 1.97. The molecule has 2 aromatic rings. The van der Waals surface area contributed by atoms with Crippen LogP contribution in [0.5, 0.6) is 11.5 Å². The molecule has 1 aliphatic rings. The van der Waals surface area contributed by atoms with Crippen LogP contribution in [0.4, 0.5) is 4.79 Å². The van der Waals surface area contributed by atoms with Crippen molar-refractivity contribution in [2.75, 3.05) is 19.0 Å². The number of hydrogen-bond donors (Lipinski definition) is 1. The maximum Gasteiger partial charge on any atom is 0.340 e. The first-order valence-electron chi connectivity index (χ1n) is 7.55. The van der Waals surface area contributed by atoms with Crippen LogP contribution in [0.15, 0.2) is 53.8 Å². The molecule has 0 aliphatic carbocycles. The third-order valence-electron chi connectivity index (χ3n) is 3.90. The Kier molecular flexibility index (Phi) is 4.96. The molecule has 0 spiro atoms. The van der Waals surface area contributed by atoms with Crippen molar-refractivity contribution in [3.05, 3.63) is 64.6 Å². The molecular weight excluding hydrogens is 330 g/mol. The van der Waals surface area contributed by atoms with Gasteiger partial charge >= 0.3 is 6.03 Å². The summed E-state index contributed by atoms with van der Waals surface area (Å²) in [6, 6.07) is 14.8. The zero-order valence-electron chi connectivity index (χ0n) is 12.8. The van der Waals surface area contributed by atoms with Crippen LogP contribution >= 0.6 is 11.6 Å². The van der Waals surface area contributed by atoms with E-state index in [2.05, 4.69) is 10.6 Å². The van der Waals surface area contributed by atoms with Gasteiger partial charge in [-0.3, -0.25) is 0 Å². The van der Waals surface area contributed by atoms with Crippen molar-refractivity contribution in [2.24, 2.45) is 5.29 Å². The molecule has 1 N–H and O–H groups in total. The number of carbonyl (C=O) groups excluding carboxylic acids is 1. The van der Waals surface area contributed by atoms with Crippen molar-refractivity contribution in [3.63, 3.8) is 0 Å². The fourth-order valence-corrected chi connectivity index (χ4v) is 2.93. The van der Waals surface area contributed by atoms with Crippen LogP contribution < -0.4 is 10.1 Å². The molecule has 1 heterocycles. The van der Waals surface area contributed by atoms with Crippen molar-refractivity contribution in [2.45, 2.75) is 5.92 Å². The van der Waals surface area contributed by atoms with E-state index in [9.17, 15) is 9.70 Å². The molecule has 124 valence electrons. The third-order valence-corrected chi connectivity index (χ3v) is 4.06. The molecule has 3 rings (SSSR count). The molecule has 7 heteroatoms. The van der Waals surface area contributed by atoms with Crippen LogP contribution in [0.25, 0.3) is 0 Å². The molecule has 0 radical (unpaired) electrons. The molecule has 2 amide bonds. The number of hydrogen-bond acceptors (Lipinski definition) is 4. The van der Waals surface area contributed by atoms with Gasteiger partial charge in [0, 0.05) is 29.5 Å². The monoisotopic (exact) mass is 345 g/mol. The van der Waals surface area contributed by atoms with Crippen molar-refractivity contribution in [1.29, 1.82) is 0 Å². The second-order valence-corrected chi connectivity index (χ2v) is 5.69. The number of rotatable bonds is 5. The summed E-state index contributed by atoms with van der Waals surface area (Å²) in [6.45, 7) is 0.391. The minimum atomic E-state index is -0.563. The Labute approximate surface area is 144 Å². The summed E-state index contributed by atoms with van der Waals surface area (Å²) in [5.74, 6) is 1.60. The summed E-state index contributed by atoms with van der Waals surface area (Å²) in [7, 11) is 0. The molecule has 6 nitrogen and oxygen atoms in total. The Bertz CT molecular complexity index is 708. The van der Waals surface area contributed by atoms with Crippen LogP contribution in [-0.4, -0.2) is 30.0 Å². The maximum atomic E-state index is 12.1. The number of alkyl halides is 1. The van der Waals surface area contributed by atoms with Gasteiger partial charge in [-0.2, -0.15) is 5.01 Å². The van der Waals surface area contributed by atoms with Gasteiger partial charge in [0.1, 0.15) is 11.5 Å². The number of nitrogens with zero attached hydrogens (tertiary/aromatic N) is 2. The normalized spacial score (nSPS) is 12.5. The third kappa shape index (κ3) is 3.19. The molecule has 0 saturated carbocycles. The van der Waals surface area contributed by atoms with E-state index < -0.39 is 6.03 Å². The van der Waals surface area contributed by atoms with E-state index in [0.717, 1.165) is 27.6 Å². The summed E-state index contributed by atoms with van der Waals surface area (Å²) < 4.78 is 5.91. The lowest BCUT2D eigenvalue weighted by Gasteiger charge is -2.28. The molecule has 0 bridgehead atoms. The summed E-state index contributed by atoms with van der Waals surface area (Å²) in [4.78, 5) is 22.8. The Morgan fingerprint density at radius 2 is 1.71 bits per heavy atom. The first-order valence-corrected chi connectivity index (χ1v) is 8.08. The highest BCUT2D eigenvalue weighted by Gasteiger charge is 2.27. The highest BCUT2D eigenvalue weighted by Crippen LogP contribution is 2.43. The van der Waals surface area contributed by atoms with Crippen molar-refractivity contribution >= 4 is 17.6 Å². The molecule has 0 unspecified atom stereocenters. The van der Waals surface area contributed by atoms with Crippen LogP contribution in [0.3, 0.4) is 0 Å². The smallest absolute Gasteiger partial charge is 0.340 e. The van der Waals surface area contributed by atoms with Crippen molar-refractivity contribution in [3.8, 4) is 11.5 Å². The minimum absolute atomic E-state index is 0.0673. The number of nitroso groups, excluding NO2 is 1. The number of fused-ring (bicyclic) bond motifs is 2. The fourth-order valence-electron chi connectivity index (χ4n) is 2.77. The largest absolute Gasteiger partial charge is 0.457 e.